The third-order valence-corrected chi connectivity index (χ3v) is 7.16. The SMILES string of the molecule is Cc1ccc(C(=O)OCC(O)COCC(C)(COCOCC(O)COC(=O)c2ccc(O)cc2)COCC(O)COC(=O)c2ccc(O)cc2)cc1. The number of esters is 3. The molecule has 0 aliphatic carbocycles. The molecule has 0 aliphatic heterocycles. The minimum atomic E-state index is -1.16. The number of hydrogen-bond acceptors (Lipinski definition) is 15. The summed E-state index contributed by atoms with van der Waals surface area (Å²) in [6.45, 7) is 1.79. The van der Waals surface area contributed by atoms with E-state index in [1.165, 1.54) is 48.5 Å². The number of phenolic OH excluding ortho intramolecular Hbond substituents is 2. The van der Waals surface area contributed by atoms with Crippen molar-refractivity contribution in [1.29, 1.82) is 0 Å². The van der Waals surface area contributed by atoms with Crippen LogP contribution in [0.4, 0.5) is 0 Å². The summed E-state index contributed by atoms with van der Waals surface area (Å²) in [5.41, 5.74) is 0.880. The fourth-order valence-corrected chi connectivity index (χ4v) is 4.33. The number of carbonyl (C=O) groups excluding carboxylic acids is 3. The van der Waals surface area contributed by atoms with E-state index >= 15 is 0 Å². The number of ether oxygens (including phenoxy) is 7. The highest BCUT2D eigenvalue weighted by atomic mass is 16.7. The molecule has 0 amide bonds. The highest BCUT2D eigenvalue weighted by Crippen LogP contribution is 2.19. The van der Waals surface area contributed by atoms with Gasteiger partial charge in [0.2, 0.25) is 0 Å². The van der Waals surface area contributed by atoms with Crippen LogP contribution in [-0.2, 0) is 33.2 Å². The molecule has 3 rings (SSSR count). The first-order valence-electron chi connectivity index (χ1n) is 16.3. The van der Waals surface area contributed by atoms with Crippen molar-refractivity contribution in [3.05, 3.63) is 95.1 Å². The van der Waals surface area contributed by atoms with Crippen LogP contribution in [0.2, 0.25) is 0 Å². The van der Waals surface area contributed by atoms with Gasteiger partial charge in [0.05, 0.1) is 56.3 Å². The zero-order valence-electron chi connectivity index (χ0n) is 29.0. The summed E-state index contributed by atoms with van der Waals surface area (Å²) in [4.78, 5) is 36.5. The second-order valence-electron chi connectivity index (χ2n) is 12.4. The van der Waals surface area contributed by atoms with Crippen LogP contribution >= 0.6 is 0 Å². The van der Waals surface area contributed by atoms with E-state index in [1.807, 2.05) is 6.92 Å². The van der Waals surface area contributed by atoms with Crippen LogP contribution < -0.4 is 0 Å². The van der Waals surface area contributed by atoms with Gasteiger partial charge in [-0.1, -0.05) is 24.6 Å². The smallest absolute Gasteiger partial charge is 0.338 e. The van der Waals surface area contributed by atoms with Gasteiger partial charge in [0.1, 0.15) is 56.4 Å². The van der Waals surface area contributed by atoms with Crippen LogP contribution in [0.15, 0.2) is 72.8 Å². The van der Waals surface area contributed by atoms with Crippen LogP contribution in [-0.4, -0.2) is 128 Å². The van der Waals surface area contributed by atoms with E-state index in [-0.39, 0.29) is 88.9 Å². The molecular formula is C37H46O15. The van der Waals surface area contributed by atoms with Crippen molar-refractivity contribution in [2.24, 2.45) is 5.41 Å². The molecule has 4 unspecified atom stereocenters. The highest BCUT2D eigenvalue weighted by molar-refractivity contribution is 5.90. The summed E-state index contributed by atoms with van der Waals surface area (Å²) in [5.74, 6) is -1.96. The van der Waals surface area contributed by atoms with Crippen molar-refractivity contribution in [2.45, 2.75) is 32.2 Å². The highest BCUT2D eigenvalue weighted by Gasteiger charge is 2.27. The van der Waals surface area contributed by atoms with Gasteiger partial charge in [-0.3, -0.25) is 0 Å². The Morgan fingerprint density at radius 2 is 0.846 bits per heavy atom. The predicted octanol–water partition coefficient (Wildman–Crippen LogP) is 2.39. The van der Waals surface area contributed by atoms with E-state index in [4.69, 9.17) is 33.2 Å². The zero-order chi connectivity index (χ0) is 37.9. The average Bonchev–Trinajstić information content (AvgIpc) is 3.12. The van der Waals surface area contributed by atoms with Gasteiger partial charge >= 0.3 is 17.9 Å². The number of benzene rings is 3. The maximum atomic E-state index is 12.3. The molecular weight excluding hydrogens is 684 g/mol. The molecule has 52 heavy (non-hydrogen) atoms. The number of carbonyl (C=O) groups is 3. The number of rotatable bonds is 23. The number of aliphatic hydroxyl groups is 3. The lowest BCUT2D eigenvalue weighted by Gasteiger charge is -2.30. The Kier molecular flexibility index (Phi) is 17.4. The van der Waals surface area contributed by atoms with Crippen LogP contribution in [0.1, 0.15) is 43.6 Å². The minimum absolute atomic E-state index is 0.00224. The summed E-state index contributed by atoms with van der Waals surface area (Å²) in [6.07, 6.45) is -3.43. The second-order valence-corrected chi connectivity index (χ2v) is 12.4. The predicted molar refractivity (Wildman–Crippen MR) is 183 cm³/mol. The van der Waals surface area contributed by atoms with E-state index in [1.54, 1.807) is 31.2 Å². The molecule has 0 saturated heterocycles. The van der Waals surface area contributed by atoms with Crippen molar-refractivity contribution >= 4 is 17.9 Å². The Bertz CT molecular complexity index is 1440. The van der Waals surface area contributed by atoms with Crippen molar-refractivity contribution in [3.63, 3.8) is 0 Å². The maximum Gasteiger partial charge on any atom is 0.338 e. The Hall–Kier alpha value is -4.61. The van der Waals surface area contributed by atoms with E-state index in [0.29, 0.717) is 5.56 Å². The van der Waals surface area contributed by atoms with Gasteiger partial charge in [0.15, 0.2) is 0 Å². The molecule has 15 heteroatoms. The van der Waals surface area contributed by atoms with Gasteiger partial charge in [-0.05, 0) is 67.6 Å². The summed E-state index contributed by atoms with van der Waals surface area (Å²) in [7, 11) is 0. The largest absolute Gasteiger partial charge is 0.508 e. The van der Waals surface area contributed by atoms with Gasteiger partial charge in [-0.2, -0.15) is 0 Å². The zero-order valence-corrected chi connectivity index (χ0v) is 29.0. The fraction of sp³-hybridized carbons (Fsp3) is 0.432. The molecule has 0 fully saturated rings. The summed E-state index contributed by atoms with van der Waals surface area (Å²) >= 11 is 0. The Labute approximate surface area is 301 Å². The number of hydrogen-bond donors (Lipinski definition) is 5. The van der Waals surface area contributed by atoms with Gasteiger partial charge in [0.25, 0.3) is 0 Å². The summed E-state index contributed by atoms with van der Waals surface area (Å²) < 4.78 is 37.7. The molecule has 0 spiro atoms. The monoisotopic (exact) mass is 730 g/mol. The molecule has 0 radical (unpaired) electrons. The standard InChI is InChI=1S/C37H46O15/c1-25-3-5-26(6-4-25)34(43)50-18-31(40)15-46-21-37(2,22-47-16-32(41)19-51-35(44)27-7-11-29(38)12-8-27)23-49-24-48-17-33(42)20-52-36(45)28-9-13-30(39)14-10-28/h3-14,31-33,38-42H,15-24H2,1-2H3. The van der Waals surface area contributed by atoms with E-state index in [9.17, 15) is 39.9 Å². The lowest BCUT2D eigenvalue weighted by molar-refractivity contribution is -0.133. The first-order valence-corrected chi connectivity index (χ1v) is 16.3. The topological polar surface area (TPSA) is 217 Å². The lowest BCUT2D eigenvalue weighted by Crippen LogP contribution is -2.37. The van der Waals surface area contributed by atoms with E-state index < -0.39 is 41.6 Å². The first kappa shape index (κ1) is 41.8. The molecule has 0 saturated carbocycles. The third-order valence-electron chi connectivity index (χ3n) is 7.16. The average molecular weight is 731 g/mol. The lowest BCUT2D eigenvalue weighted by atomic mass is 9.94. The summed E-state index contributed by atoms with van der Waals surface area (Å²) in [5, 5.41) is 49.5. The van der Waals surface area contributed by atoms with Crippen LogP contribution in [0.5, 0.6) is 11.5 Å². The summed E-state index contributed by atoms with van der Waals surface area (Å²) in [6, 6.07) is 17.7. The van der Waals surface area contributed by atoms with Crippen molar-refractivity contribution in [1.82, 2.24) is 0 Å². The quantitative estimate of drug-likeness (QED) is 0.0410. The molecule has 0 heterocycles. The maximum absolute atomic E-state index is 12.3. The van der Waals surface area contributed by atoms with Gasteiger partial charge < -0.3 is 58.7 Å². The van der Waals surface area contributed by atoms with Crippen molar-refractivity contribution < 1.29 is 73.1 Å². The van der Waals surface area contributed by atoms with Crippen LogP contribution in [0, 0.1) is 12.3 Å². The number of aryl methyl sites for hydroxylation is 1. The van der Waals surface area contributed by atoms with Gasteiger partial charge in [0, 0.05) is 5.41 Å². The van der Waals surface area contributed by atoms with Crippen molar-refractivity contribution in [3.8, 4) is 11.5 Å². The first-order chi connectivity index (χ1) is 24.8. The second kappa shape index (κ2) is 21.7. The molecule has 5 N–H and O–H groups in total. The van der Waals surface area contributed by atoms with E-state index in [2.05, 4.69) is 0 Å². The van der Waals surface area contributed by atoms with Gasteiger partial charge in [-0.25, -0.2) is 14.4 Å². The fourth-order valence-electron chi connectivity index (χ4n) is 4.33. The molecule has 3 aromatic rings. The van der Waals surface area contributed by atoms with Crippen molar-refractivity contribution in [2.75, 3.05) is 66.3 Å². The minimum Gasteiger partial charge on any atom is -0.508 e. The number of aromatic hydroxyl groups is 2. The Balaban J connectivity index is 1.42. The van der Waals surface area contributed by atoms with E-state index in [0.717, 1.165) is 5.56 Å². The molecule has 15 nitrogen and oxygen atoms in total. The molecule has 284 valence electrons. The third kappa shape index (κ3) is 15.7. The van der Waals surface area contributed by atoms with Gasteiger partial charge in [-0.15, -0.1) is 0 Å². The Morgan fingerprint density at radius 3 is 1.23 bits per heavy atom. The number of phenols is 2. The molecule has 4 atom stereocenters. The number of aliphatic hydroxyl groups excluding tert-OH is 3. The molecule has 0 bridgehead atoms. The van der Waals surface area contributed by atoms with Crippen LogP contribution in [0.3, 0.4) is 0 Å². The molecule has 3 aromatic carbocycles. The molecule has 0 aliphatic rings. The van der Waals surface area contributed by atoms with Crippen LogP contribution in [0.25, 0.3) is 0 Å². The Morgan fingerprint density at radius 1 is 0.519 bits per heavy atom. The molecule has 0 aromatic heterocycles. The normalized spacial score (nSPS) is 14.1.